The van der Waals surface area contributed by atoms with Crippen LogP contribution >= 0.6 is 0 Å². The van der Waals surface area contributed by atoms with Crippen LogP contribution < -0.4 is 5.46 Å². The molecule has 0 aromatic heterocycles. The fourth-order valence-electron chi connectivity index (χ4n) is 4.19. The Kier molecular flexibility index (Phi) is 3.13. The third kappa shape index (κ3) is 2.31. The summed E-state index contributed by atoms with van der Waals surface area (Å²) >= 11 is 0. The third-order valence-electron chi connectivity index (χ3n) is 6.05. The molecule has 1 spiro atoms. The Labute approximate surface area is 128 Å². The maximum Gasteiger partial charge on any atom is 0.225 e. The standard InChI is InChI=1S/C18H22BNO/c19-15-6-4-13(5-7-15)16-12-18(16)8-10-20(11-9-18)17(21)14-2-1-3-14/h4-7,14,16H,1-3,8-12H2. The van der Waals surface area contributed by atoms with Gasteiger partial charge in [0.05, 0.1) is 0 Å². The number of nitrogens with zero attached hydrogens (tertiary/aromatic N) is 1. The summed E-state index contributed by atoms with van der Waals surface area (Å²) < 4.78 is 0. The number of carbonyl (C=O) groups is 1. The molecule has 2 nitrogen and oxygen atoms in total. The molecule has 0 N–H and O–H groups in total. The number of benzene rings is 1. The highest BCUT2D eigenvalue weighted by atomic mass is 16.2. The van der Waals surface area contributed by atoms with Gasteiger partial charge in [-0.05, 0) is 49.0 Å². The van der Waals surface area contributed by atoms with E-state index in [2.05, 4.69) is 17.0 Å². The van der Waals surface area contributed by atoms with Crippen molar-refractivity contribution in [1.82, 2.24) is 4.90 Å². The Balaban J connectivity index is 1.37. The molecule has 1 atom stereocenters. The first-order valence-electron chi connectivity index (χ1n) is 8.32. The molecule has 1 aromatic carbocycles. The summed E-state index contributed by atoms with van der Waals surface area (Å²) in [5, 5.41) is 0. The molecule has 3 fully saturated rings. The number of piperidine rings is 1. The maximum atomic E-state index is 12.3. The summed E-state index contributed by atoms with van der Waals surface area (Å²) in [5.41, 5.74) is 2.75. The lowest BCUT2D eigenvalue weighted by atomic mass is 9.82. The Morgan fingerprint density at radius 1 is 1.14 bits per heavy atom. The van der Waals surface area contributed by atoms with E-state index in [1.807, 2.05) is 12.1 Å². The molecule has 3 heteroatoms. The van der Waals surface area contributed by atoms with Crippen LogP contribution in [0.5, 0.6) is 0 Å². The highest BCUT2D eigenvalue weighted by Crippen LogP contribution is 2.64. The molecule has 21 heavy (non-hydrogen) atoms. The van der Waals surface area contributed by atoms with Crippen molar-refractivity contribution in [2.75, 3.05) is 13.1 Å². The van der Waals surface area contributed by atoms with E-state index in [0.717, 1.165) is 31.4 Å². The minimum absolute atomic E-state index is 0.353. The Morgan fingerprint density at radius 3 is 2.38 bits per heavy atom. The zero-order valence-corrected chi connectivity index (χ0v) is 12.6. The SMILES string of the molecule is [B]c1ccc(C2CC23CCN(C(=O)C2CCC2)CC3)cc1. The van der Waals surface area contributed by atoms with Crippen molar-refractivity contribution in [1.29, 1.82) is 0 Å². The molecule has 3 aliphatic rings. The van der Waals surface area contributed by atoms with E-state index in [0.29, 0.717) is 23.2 Å². The molecule has 1 aromatic rings. The second-order valence-electron chi connectivity index (χ2n) is 7.24. The van der Waals surface area contributed by atoms with Gasteiger partial charge >= 0.3 is 0 Å². The van der Waals surface area contributed by atoms with Crippen molar-refractivity contribution in [3.8, 4) is 0 Å². The highest BCUT2D eigenvalue weighted by Gasteiger charge is 2.55. The average molecular weight is 279 g/mol. The molecular formula is C18H22BNO. The topological polar surface area (TPSA) is 20.3 Å². The monoisotopic (exact) mass is 279 g/mol. The highest BCUT2D eigenvalue weighted by molar-refractivity contribution is 6.32. The molecular weight excluding hydrogens is 257 g/mol. The van der Waals surface area contributed by atoms with Gasteiger partial charge in [0.15, 0.2) is 0 Å². The van der Waals surface area contributed by atoms with E-state index in [9.17, 15) is 4.79 Å². The summed E-state index contributed by atoms with van der Waals surface area (Å²) in [6.45, 7) is 1.95. The Hall–Kier alpha value is -1.25. The molecule has 1 unspecified atom stereocenters. The summed E-state index contributed by atoms with van der Waals surface area (Å²) in [5.74, 6) is 1.48. The third-order valence-corrected chi connectivity index (χ3v) is 6.05. The van der Waals surface area contributed by atoms with Gasteiger partial charge in [0.2, 0.25) is 5.91 Å². The minimum atomic E-state index is 0.353. The van der Waals surface area contributed by atoms with Gasteiger partial charge in [0.1, 0.15) is 7.85 Å². The minimum Gasteiger partial charge on any atom is -0.342 e. The van der Waals surface area contributed by atoms with Gasteiger partial charge in [-0.2, -0.15) is 0 Å². The fourth-order valence-corrected chi connectivity index (χ4v) is 4.19. The van der Waals surface area contributed by atoms with Gasteiger partial charge in [-0.3, -0.25) is 4.79 Å². The van der Waals surface area contributed by atoms with E-state index in [-0.39, 0.29) is 0 Å². The number of carbonyl (C=O) groups excluding carboxylic acids is 1. The first-order chi connectivity index (χ1) is 10.2. The Morgan fingerprint density at radius 2 is 1.81 bits per heavy atom. The van der Waals surface area contributed by atoms with Crippen LogP contribution in [0.3, 0.4) is 0 Å². The van der Waals surface area contributed by atoms with E-state index >= 15 is 0 Å². The first-order valence-corrected chi connectivity index (χ1v) is 8.32. The van der Waals surface area contributed by atoms with E-state index in [1.54, 1.807) is 0 Å². The molecule has 0 bridgehead atoms. The molecule has 1 amide bonds. The van der Waals surface area contributed by atoms with Crippen LogP contribution in [0.2, 0.25) is 0 Å². The second kappa shape index (κ2) is 4.89. The second-order valence-corrected chi connectivity index (χ2v) is 7.24. The smallest absolute Gasteiger partial charge is 0.225 e. The molecule has 1 heterocycles. The summed E-state index contributed by atoms with van der Waals surface area (Å²) in [6.07, 6.45) is 7.14. The van der Waals surface area contributed by atoms with Gasteiger partial charge < -0.3 is 4.90 Å². The van der Waals surface area contributed by atoms with E-state index < -0.39 is 0 Å². The van der Waals surface area contributed by atoms with Crippen LogP contribution in [-0.2, 0) is 4.79 Å². The normalized spacial score (nSPS) is 27.4. The van der Waals surface area contributed by atoms with Crippen molar-refractivity contribution in [2.24, 2.45) is 11.3 Å². The van der Waals surface area contributed by atoms with E-state index in [1.165, 1.54) is 31.2 Å². The Bertz CT molecular complexity index is 541. The largest absolute Gasteiger partial charge is 0.342 e. The van der Waals surface area contributed by atoms with Gasteiger partial charge in [-0.25, -0.2) is 0 Å². The van der Waals surface area contributed by atoms with Crippen molar-refractivity contribution in [2.45, 2.75) is 44.4 Å². The van der Waals surface area contributed by atoms with Crippen molar-refractivity contribution < 1.29 is 4.79 Å². The van der Waals surface area contributed by atoms with Crippen LogP contribution in [0.4, 0.5) is 0 Å². The summed E-state index contributed by atoms with van der Waals surface area (Å²) in [6, 6.07) is 8.38. The summed E-state index contributed by atoms with van der Waals surface area (Å²) in [7, 11) is 5.77. The predicted octanol–water partition coefficient (Wildman–Crippen LogP) is 2.38. The lowest BCUT2D eigenvalue weighted by molar-refractivity contribution is -0.139. The lowest BCUT2D eigenvalue weighted by Gasteiger charge is -2.37. The van der Waals surface area contributed by atoms with Crippen LogP contribution in [-0.4, -0.2) is 31.7 Å². The van der Waals surface area contributed by atoms with Crippen LogP contribution in [0, 0.1) is 11.3 Å². The number of amides is 1. The molecule has 1 saturated heterocycles. The average Bonchev–Trinajstić information content (AvgIpc) is 3.12. The van der Waals surface area contributed by atoms with Crippen molar-refractivity contribution >= 4 is 19.2 Å². The number of rotatable bonds is 2. The zero-order chi connectivity index (χ0) is 14.4. The van der Waals surface area contributed by atoms with Gasteiger partial charge in [-0.1, -0.05) is 36.1 Å². The molecule has 2 saturated carbocycles. The molecule has 1 aliphatic heterocycles. The molecule has 108 valence electrons. The maximum absolute atomic E-state index is 12.3. The summed E-state index contributed by atoms with van der Waals surface area (Å²) in [4.78, 5) is 14.4. The predicted molar refractivity (Wildman–Crippen MR) is 84.8 cm³/mol. The first kappa shape index (κ1) is 13.4. The van der Waals surface area contributed by atoms with Crippen LogP contribution in [0.1, 0.15) is 50.0 Å². The molecule has 2 aliphatic carbocycles. The van der Waals surface area contributed by atoms with Gasteiger partial charge in [0.25, 0.3) is 0 Å². The van der Waals surface area contributed by atoms with Crippen LogP contribution in [0.15, 0.2) is 24.3 Å². The van der Waals surface area contributed by atoms with Gasteiger partial charge in [0, 0.05) is 19.0 Å². The lowest BCUT2D eigenvalue weighted by Crippen LogP contribution is -2.44. The number of likely N-dealkylation sites (tertiary alicyclic amines) is 1. The van der Waals surface area contributed by atoms with Crippen molar-refractivity contribution in [3.63, 3.8) is 0 Å². The van der Waals surface area contributed by atoms with Gasteiger partial charge in [-0.15, -0.1) is 0 Å². The van der Waals surface area contributed by atoms with Crippen LogP contribution in [0.25, 0.3) is 0 Å². The zero-order valence-electron chi connectivity index (χ0n) is 12.6. The van der Waals surface area contributed by atoms with Crippen molar-refractivity contribution in [3.05, 3.63) is 29.8 Å². The number of hydrogen-bond donors (Lipinski definition) is 0. The quantitative estimate of drug-likeness (QED) is 0.761. The molecule has 4 rings (SSSR count). The molecule has 2 radical (unpaired) electrons. The fraction of sp³-hybridized carbons (Fsp3) is 0.611. The number of hydrogen-bond acceptors (Lipinski definition) is 1. The van der Waals surface area contributed by atoms with E-state index in [4.69, 9.17) is 7.85 Å².